The molecule has 0 radical (unpaired) electrons. The number of nitrogens with one attached hydrogen (secondary N) is 1. The first-order chi connectivity index (χ1) is 12.6. The number of carboxylic acids is 1. The van der Waals surface area contributed by atoms with E-state index in [1.165, 1.54) is 0 Å². The molecule has 0 spiro atoms. The van der Waals surface area contributed by atoms with E-state index < -0.39 is 11.9 Å². The third kappa shape index (κ3) is 4.19. The Morgan fingerprint density at radius 3 is 2.23 bits per heavy atom. The van der Waals surface area contributed by atoms with Crippen LogP contribution in [0.1, 0.15) is 27.5 Å². The Labute approximate surface area is 151 Å². The van der Waals surface area contributed by atoms with Gasteiger partial charge < -0.3 is 15.0 Å². The van der Waals surface area contributed by atoms with Crippen LogP contribution in [0.5, 0.6) is 0 Å². The van der Waals surface area contributed by atoms with E-state index in [1.807, 2.05) is 53.2 Å². The van der Waals surface area contributed by atoms with Crippen LogP contribution in [0, 0.1) is 0 Å². The first-order valence-corrected chi connectivity index (χ1v) is 8.40. The topological polar surface area (TPSA) is 71.3 Å². The fourth-order valence-corrected chi connectivity index (χ4v) is 2.86. The lowest BCUT2D eigenvalue weighted by Crippen LogP contribution is -2.32. The summed E-state index contributed by atoms with van der Waals surface area (Å²) in [5.41, 5.74) is 2.26. The van der Waals surface area contributed by atoms with Gasteiger partial charge in [0.2, 0.25) is 0 Å². The molecule has 0 saturated heterocycles. The van der Waals surface area contributed by atoms with Crippen molar-refractivity contribution in [3.63, 3.8) is 0 Å². The van der Waals surface area contributed by atoms with Crippen molar-refractivity contribution in [1.29, 1.82) is 0 Å². The van der Waals surface area contributed by atoms with Crippen molar-refractivity contribution in [2.24, 2.45) is 0 Å². The number of aliphatic carboxylic acids is 1. The lowest BCUT2D eigenvalue weighted by molar-refractivity contribution is -0.138. The van der Waals surface area contributed by atoms with Crippen LogP contribution >= 0.6 is 0 Å². The molecule has 3 rings (SSSR count). The minimum Gasteiger partial charge on any atom is -0.481 e. The van der Waals surface area contributed by atoms with Crippen molar-refractivity contribution in [3.05, 3.63) is 95.8 Å². The highest BCUT2D eigenvalue weighted by Crippen LogP contribution is 2.15. The van der Waals surface area contributed by atoms with Gasteiger partial charge in [-0.25, -0.2) is 0 Å². The predicted octanol–water partition coefficient (Wildman–Crippen LogP) is 3.13. The van der Waals surface area contributed by atoms with Gasteiger partial charge in [0.1, 0.15) is 5.69 Å². The average Bonchev–Trinajstić information content (AvgIpc) is 3.11. The van der Waals surface area contributed by atoms with Crippen molar-refractivity contribution in [3.8, 4) is 0 Å². The minimum atomic E-state index is -0.962. The van der Waals surface area contributed by atoms with E-state index in [9.17, 15) is 14.7 Å². The molecule has 0 aliphatic heterocycles. The van der Waals surface area contributed by atoms with Gasteiger partial charge in [-0.05, 0) is 23.3 Å². The van der Waals surface area contributed by atoms with Crippen LogP contribution in [0.2, 0.25) is 0 Å². The summed E-state index contributed by atoms with van der Waals surface area (Å²) in [7, 11) is 0. The number of nitrogens with zero attached hydrogens (tertiary/aromatic N) is 1. The smallest absolute Gasteiger partial charge is 0.312 e. The first-order valence-electron chi connectivity index (χ1n) is 8.40. The zero-order chi connectivity index (χ0) is 18.4. The highest BCUT2D eigenvalue weighted by molar-refractivity contribution is 5.93. The number of amides is 1. The average molecular weight is 348 g/mol. The van der Waals surface area contributed by atoms with E-state index in [1.54, 1.807) is 30.3 Å². The maximum Gasteiger partial charge on any atom is 0.312 e. The molecule has 5 heteroatoms. The molecule has 0 bridgehead atoms. The van der Waals surface area contributed by atoms with Crippen LogP contribution in [0.15, 0.2) is 79.0 Å². The van der Waals surface area contributed by atoms with E-state index in [4.69, 9.17) is 0 Å². The third-order valence-corrected chi connectivity index (χ3v) is 4.22. The Balaban J connectivity index is 1.69. The number of hydrogen-bond acceptors (Lipinski definition) is 2. The Bertz CT molecular complexity index is 873. The summed E-state index contributed by atoms with van der Waals surface area (Å²) in [5.74, 6) is -2.03. The number of rotatable bonds is 7. The maximum absolute atomic E-state index is 12.6. The fourth-order valence-electron chi connectivity index (χ4n) is 2.86. The van der Waals surface area contributed by atoms with Gasteiger partial charge in [-0.15, -0.1) is 0 Å². The predicted molar refractivity (Wildman–Crippen MR) is 99.1 cm³/mol. The van der Waals surface area contributed by atoms with Crippen LogP contribution in [0.4, 0.5) is 0 Å². The molecule has 1 atom stereocenters. The number of benzene rings is 2. The van der Waals surface area contributed by atoms with E-state index >= 15 is 0 Å². The van der Waals surface area contributed by atoms with Crippen molar-refractivity contribution < 1.29 is 14.7 Å². The summed E-state index contributed by atoms with van der Waals surface area (Å²) in [6, 6.07) is 22.3. The Kier molecular flexibility index (Phi) is 5.49. The van der Waals surface area contributed by atoms with Gasteiger partial charge in [-0.1, -0.05) is 60.7 Å². The Morgan fingerprint density at radius 1 is 0.923 bits per heavy atom. The molecule has 5 nitrogen and oxygen atoms in total. The second kappa shape index (κ2) is 8.16. The standard InChI is InChI=1S/C21H20N2O3/c24-20(22-14-18(21(25)26)17-10-5-2-6-11-17)19-12-7-13-23(19)15-16-8-3-1-4-9-16/h1-13,18H,14-15H2,(H,22,24)(H,25,26). The van der Waals surface area contributed by atoms with Gasteiger partial charge in [0.05, 0.1) is 5.92 Å². The second-order valence-electron chi connectivity index (χ2n) is 6.02. The van der Waals surface area contributed by atoms with Gasteiger partial charge in [-0.3, -0.25) is 9.59 Å². The van der Waals surface area contributed by atoms with Crippen LogP contribution < -0.4 is 5.32 Å². The van der Waals surface area contributed by atoms with Gasteiger partial charge >= 0.3 is 5.97 Å². The molecular formula is C21H20N2O3. The maximum atomic E-state index is 12.6. The SMILES string of the molecule is O=C(NCC(C(=O)O)c1ccccc1)c1cccn1Cc1ccccc1. The van der Waals surface area contributed by atoms with Gasteiger partial charge in [-0.2, -0.15) is 0 Å². The third-order valence-electron chi connectivity index (χ3n) is 4.22. The normalized spacial score (nSPS) is 11.7. The number of carbonyl (C=O) groups excluding carboxylic acids is 1. The minimum absolute atomic E-state index is 0.0364. The molecule has 2 N–H and O–H groups in total. The Hall–Kier alpha value is -3.34. The molecule has 1 unspecified atom stereocenters. The van der Waals surface area contributed by atoms with E-state index in [2.05, 4.69) is 5.32 Å². The lowest BCUT2D eigenvalue weighted by Gasteiger charge is -2.15. The molecule has 132 valence electrons. The number of hydrogen-bond donors (Lipinski definition) is 2. The summed E-state index contributed by atoms with van der Waals surface area (Å²) in [4.78, 5) is 24.1. The van der Waals surface area contributed by atoms with Crippen LogP contribution in [0.25, 0.3) is 0 Å². The molecule has 1 amide bonds. The monoisotopic (exact) mass is 348 g/mol. The van der Waals surface area contributed by atoms with Gasteiger partial charge in [0.25, 0.3) is 5.91 Å². The van der Waals surface area contributed by atoms with E-state index in [0.29, 0.717) is 17.8 Å². The number of carbonyl (C=O) groups is 2. The zero-order valence-electron chi connectivity index (χ0n) is 14.2. The van der Waals surface area contributed by atoms with Gasteiger partial charge in [0, 0.05) is 19.3 Å². The van der Waals surface area contributed by atoms with E-state index in [0.717, 1.165) is 5.56 Å². The van der Waals surface area contributed by atoms with Gasteiger partial charge in [0.15, 0.2) is 0 Å². The van der Waals surface area contributed by atoms with Crippen LogP contribution in [-0.2, 0) is 11.3 Å². The molecular weight excluding hydrogens is 328 g/mol. The summed E-state index contributed by atoms with van der Waals surface area (Å²) < 4.78 is 1.85. The number of aromatic nitrogens is 1. The molecule has 0 aliphatic carbocycles. The van der Waals surface area contributed by atoms with Crippen molar-refractivity contribution in [2.75, 3.05) is 6.54 Å². The Morgan fingerprint density at radius 2 is 1.58 bits per heavy atom. The molecule has 1 heterocycles. The summed E-state index contributed by atoms with van der Waals surface area (Å²) in [6.07, 6.45) is 1.84. The van der Waals surface area contributed by atoms with Crippen molar-refractivity contribution in [2.45, 2.75) is 12.5 Å². The second-order valence-corrected chi connectivity index (χ2v) is 6.02. The summed E-state index contributed by atoms with van der Waals surface area (Å²) in [5, 5.41) is 12.2. The van der Waals surface area contributed by atoms with Crippen molar-refractivity contribution >= 4 is 11.9 Å². The van der Waals surface area contributed by atoms with Crippen LogP contribution in [0.3, 0.4) is 0 Å². The summed E-state index contributed by atoms with van der Waals surface area (Å²) in [6.45, 7) is 0.617. The quantitative estimate of drug-likeness (QED) is 0.689. The molecule has 2 aromatic carbocycles. The highest BCUT2D eigenvalue weighted by atomic mass is 16.4. The summed E-state index contributed by atoms with van der Waals surface area (Å²) >= 11 is 0. The molecule has 0 fully saturated rings. The number of carboxylic acid groups (broad SMARTS) is 1. The van der Waals surface area contributed by atoms with Crippen molar-refractivity contribution in [1.82, 2.24) is 9.88 Å². The molecule has 0 aliphatic rings. The molecule has 1 aromatic heterocycles. The molecule has 3 aromatic rings. The fraction of sp³-hybridized carbons (Fsp3) is 0.143. The van der Waals surface area contributed by atoms with Crippen LogP contribution in [-0.4, -0.2) is 28.1 Å². The largest absolute Gasteiger partial charge is 0.481 e. The zero-order valence-corrected chi connectivity index (χ0v) is 14.2. The van der Waals surface area contributed by atoms with E-state index in [-0.39, 0.29) is 12.5 Å². The highest BCUT2D eigenvalue weighted by Gasteiger charge is 2.21. The molecule has 26 heavy (non-hydrogen) atoms. The lowest BCUT2D eigenvalue weighted by atomic mass is 9.99. The first kappa shape index (κ1) is 17.5. The molecule has 0 saturated carbocycles.